The zero-order valence-electron chi connectivity index (χ0n) is 8.04. The maximum Gasteiger partial charge on any atom is 0.336 e. The quantitative estimate of drug-likeness (QED) is 0.518. The molecule has 1 fully saturated rings. The van der Waals surface area contributed by atoms with E-state index in [0.717, 1.165) is 6.42 Å². The first-order chi connectivity index (χ1) is 6.63. The van der Waals surface area contributed by atoms with Crippen LogP contribution in [0.4, 0.5) is 0 Å². The van der Waals surface area contributed by atoms with Gasteiger partial charge in [0.05, 0.1) is 0 Å². The minimum atomic E-state index is -0.647. The van der Waals surface area contributed by atoms with Crippen LogP contribution in [-0.2, 0) is 19.1 Å². The zero-order valence-corrected chi connectivity index (χ0v) is 8.04. The Balaban J connectivity index is 2.41. The minimum Gasteiger partial charge on any atom is -0.392 e. The number of hydrogen-bond donors (Lipinski definition) is 1. The molecular weight excluding hydrogens is 186 g/mol. The number of amides is 1. The summed E-state index contributed by atoms with van der Waals surface area (Å²) in [7, 11) is 0. The van der Waals surface area contributed by atoms with Crippen molar-refractivity contribution in [1.82, 2.24) is 5.32 Å². The molecule has 1 amide bonds. The Morgan fingerprint density at radius 1 is 1.57 bits per heavy atom. The number of hydrogen-bond acceptors (Lipinski definition) is 4. The summed E-state index contributed by atoms with van der Waals surface area (Å²) in [4.78, 5) is 32.9. The van der Waals surface area contributed by atoms with Crippen LogP contribution in [0.15, 0.2) is 0 Å². The summed E-state index contributed by atoms with van der Waals surface area (Å²) < 4.78 is 4.39. The second-order valence-electron chi connectivity index (χ2n) is 3.20. The number of nitrogens with one attached hydrogen (secondary N) is 1. The number of esters is 2. The summed E-state index contributed by atoms with van der Waals surface area (Å²) >= 11 is 0. The molecule has 1 atom stereocenters. The number of rotatable bonds is 3. The van der Waals surface area contributed by atoms with Crippen LogP contribution < -0.4 is 5.32 Å². The minimum absolute atomic E-state index is 0.177. The molecule has 0 spiro atoms. The van der Waals surface area contributed by atoms with Crippen molar-refractivity contribution in [3.05, 3.63) is 0 Å². The van der Waals surface area contributed by atoms with E-state index in [2.05, 4.69) is 10.1 Å². The van der Waals surface area contributed by atoms with Crippen molar-refractivity contribution in [2.24, 2.45) is 0 Å². The monoisotopic (exact) mass is 199 g/mol. The summed E-state index contributed by atoms with van der Waals surface area (Å²) in [6, 6.07) is -0.647. The molecule has 1 saturated heterocycles. The maximum absolute atomic E-state index is 11.1. The fourth-order valence-corrected chi connectivity index (χ4v) is 1.24. The van der Waals surface area contributed by atoms with Crippen molar-refractivity contribution >= 4 is 17.8 Å². The molecule has 14 heavy (non-hydrogen) atoms. The Bertz CT molecular complexity index is 262. The molecule has 1 N–H and O–H groups in total. The van der Waals surface area contributed by atoms with Gasteiger partial charge in [-0.15, -0.1) is 0 Å². The molecule has 0 aromatic rings. The van der Waals surface area contributed by atoms with Gasteiger partial charge in [-0.2, -0.15) is 0 Å². The molecule has 1 aliphatic rings. The van der Waals surface area contributed by atoms with Crippen molar-refractivity contribution in [2.45, 2.75) is 38.6 Å². The first-order valence-corrected chi connectivity index (χ1v) is 4.67. The number of ether oxygens (including phenoxy) is 1. The molecule has 1 rings (SSSR count). The molecule has 0 aromatic carbocycles. The number of cyclic esters (lactones) is 2. The lowest BCUT2D eigenvalue weighted by Crippen LogP contribution is -2.45. The van der Waals surface area contributed by atoms with E-state index in [1.54, 1.807) is 0 Å². The Hall–Kier alpha value is -1.39. The smallest absolute Gasteiger partial charge is 0.336 e. The van der Waals surface area contributed by atoms with Gasteiger partial charge in [-0.3, -0.25) is 9.59 Å². The van der Waals surface area contributed by atoms with Crippen molar-refractivity contribution < 1.29 is 19.1 Å². The van der Waals surface area contributed by atoms with Crippen LogP contribution in [0.25, 0.3) is 0 Å². The molecule has 78 valence electrons. The van der Waals surface area contributed by atoms with Crippen molar-refractivity contribution in [3.63, 3.8) is 0 Å². The lowest BCUT2D eigenvalue weighted by atomic mass is 10.1. The van der Waals surface area contributed by atoms with Gasteiger partial charge < -0.3 is 10.1 Å². The standard InChI is InChI=1S/C9H13NO4/c1-2-3-7(11)10-6-4-5-8(12)14-9(6)13/h6H,2-5H2,1H3,(H,10,11)/t6-/m0/s1. The van der Waals surface area contributed by atoms with Crippen LogP contribution in [0.5, 0.6) is 0 Å². The third kappa shape index (κ3) is 2.83. The molecule has 0 unspecified atom stereocenters. The highest BCUT2D eigenvalue weighted by Crippen LogP contribution is 2.09. The Labute approximate surface area is 81.8 Å². The van der Waals surface area contributed by atoms with Gasteiger partial charge in [-0.1, -0.05) is 6.92 Å². The summed E-state index contributed by atoms with van der Waals surface area (Å²) in [5.41, 5.74) is 0. The van der Waals surface area contributed by atoms with Gasteiger partial charge in [0.15, 0.2) is 0 Å². The Morgan fingerprint density at radius 2 is 2.29 bits per heavy atom. The van der Waals surface area contributed by atoms with Crippen LogP contribution >= 0.6 is 0 Å². The van der Waals surface area contributed by atoms with Gasteiger partial charge >= 0.3 is 11.9 Å². The van der Waals surface area contributed by atoms with E-state index in [0.29, 0.717) is 12.8 Å². The zero-order chi connectivity index (χ0) is 10.6. The van der Waals surface area contributed by atoms with Crippen LogP contribution in [0.3, 0.4) is 0 Å². The van der Waals surface area contributed by atoms with Crippen molar-refractivity contribution in [3.8, 4) is 0 Å². The topological polar surface area (TPSA) is 72.5 Å². The van der Waals surface area contributed by atoms with Crippen molar-refractivity contribution in [1.29, 1.82) is 0 Å². The van der Waals surface area contributed by atoms with E-state index in [4.69, 9.17) is 0 Å². The molecule has 1 heterocycles. The van der Waals surface area contributed by atoms with Crippen LogP contribution in [0.1, 0.15) is 32.6 Å². The summed E-state index contributed by atoms with van der Waals surface area (Å²) in [5.74, 6) is -1.34. The largest absolute Gasteiger partial charge is 0.392 e. The molecule has 0 saturated carbocycles. The summed E-state index contributed by atoms with van der Waals surface area (Å²) in [5, 5.41) is 2.52. The molecule has 0 aromatic heterocycles. The predicted molar refractivity (Wildman–Crippen MR) is 47.2 cm³/mol. The molecule has 5 heteroatoms. The molecule has 5 nitrogen and oxygen atoms in total. The SMILES string of the molecule is CCCC(=O)N[C@H]1CCC(=O)OC1=O. The van der Waals surface area contributed by atoms with Crippen LogP contribution in [0, 0.1) is 0 Å². The molecule has 0 aliphatic carbocycles. The fraction of sp³-hybridized carbons (Fsp3) is 0.667. The first kappa shape index (κ1) is 10.7. The third-order valence-corrected chi connectivity index (χ3v) is 1.95. The van der Waals surface area contributed by atoms with E-state index in [-0.39, 0.29) is 12.3 Å². The highest BCUT2D eigenvalue weighted by molar-refractivity contribution is 5.93. The van der Waals surface area contributed by atoms with E-state index < -0.39 is 18.0 Å². The van der Waals surface area contributed by atoms with E-state index in [1.165, 1.54) is 0 Å². The van der Waals surface area contributed by atoms with Gasteiger partial charge in [0.25, 0.3) is 0 Å². The highest BCUT2D eigenvalue weighted by Gasteiger charge is 2.29. The number of carbonyl (C=O) groups is 3. The average Bonchev–Trinajstić information content (AvgIpc) is 2.10. The van der Waals surface area contributed by atoms with Gasteiger partial charge in [0.1, 0.15) is 6.04 Å². The third-order valence-electron chi connectivity index (χ3n) is 1.95. The van der Waals surface area contributed by atoms with Crippen molar-refractivity contribution in [2.75, 3.05) is 0 Å². The van der Waals surface area contributed by atoms with Crippen LogP contribution in [-0.4, -0.2) is 23.9 Å². The molecular formula is C9H13NO4. The van der Waals surface area contributed by atoms with E-state index >= 15 is 0 Å². The highest BCUT2D eigenvalue weighted by atomic mass is 16.6. The molecule has 0 radical (unpaired) electrons. The Kier molecular flexibility index (Phi) is 3.62. The maximum atomic E-state index is 11.1. The van der Waals surface area contributed by atoms with Crippen LogP contribution in [0.2, 0.25) is 0 Å². The molecule has 0 bridgehead atoms. The summed E-state index contributed by atoms with van der Waals surface area (Å²) in [6.45, 7) is 1.88. The lowest BCUT2D eigenvalue weighted by Gasteiger charge is -2.20. The van der Waals surface area contributed by atoms with Gasteiger partial charge in [0.2, 0.25) is 5.91 Å². The first-order valence-electron chi connectivity index (χ1n) is 4.67. The average molecular weight is 199 g/mol. The second-order valence-corrected chi connectivity index (χ2v) is 3.20. The normalized spacial score (nSPS) is 21.6. The second kappa shape index (κ2) is 4.74. The fourth-order valence-electron chi connectivity index (χ4n) is 1.24. The summed E-state index contributed by atoms with van der Waals surface area (Å²) in [6.07, 6.45) is 1.64. The van der Waals surface area contributed by atoms with Gasteiger partial charge in [0, 0.05) is 12.8 Å². The Morgan fingerprint density at radius 3 is 2.86 bits per heavy atom. The van der Waals surface area contributed by atoms with Gasteiger partial charge in [-0.25, -0.2) is 4.79 Å². The van der Waals surface area contributed by atoms with Gasteiger partial charge in [-0.05, 0) is 12.8 Å². The molecule has 1 aliphatic heterocycles. The predicted octanol–water partition coefficient (Wildman–Crippen LogP) is 0.135. The number of carbonyl (C=O) groups excluding carboxylic acids is 3. The lowest BCUT2D eigenvalue weighted by molar-refractivity contribution is -0.166. The van der Waals surface area contributed by atoms with E-state index in [1.807, 2.05) is 6.92 Å². The van der Waals surface area contributed by atoms with E-state index in [9.17, 15) is 14.4 Å².